The summed E-state index contributed by atoms with van der Waals surface area (Å²) in [5.41, 5.74) is 1.95. The topological polar surface area (TPSA) is 50.4 Å². The summed E-state index contributed by atoms with van der Waals surface area (Å²) >= 11 is 0. The van der Waals surface area contributed by atoms with Crippen molar-refractivity contribution in [2.75, 3.05) is 25.1 Å². The quantitative estimate of drug-likeness (QED) is 0.651. The number of para-hydroxylation sites is 1. The normalized spacial score (nSPS) is 10.0. The fourth-order valence-electron chi connectivity index (χ4n) is 1.86. The Morgan fingerprint density at radius 3 is 2.67 bits per heavy atom. The zero-order valence-corrected chi connectivity index (χ0v) is 13.8. The smallest absolute Gasteiger partial charge is 0.250 e. The molecular formula is C16H27ClN2O2. The van der Waals surface area contributed by atoms with Gasteiger partial charge in [-0.3, -0.25) is 4.79 Å². The molecule has 5 heteroatoms. The molecule has 0 aliphatic heterocycles. The number of rotatable bonds is 10. The molecule has 1 aromatic rings. The number of amides is 1. The molecule has 0 fully saturated rings. The van der Waals surface area contributed by atoms with Crippen molar-refractivity contribution in [1.29, 1.82) is 0 Å². The van der Waals surface area contributed by atoms with Crippen LogP contribution in [0.4, 0.5) is 5.69 Å². The van der Waals surface area contributed by atoms with Crippen molar-refractivity contribution in [1.82, 2.24) is 5.32 Å². The van der Waals surface area contributed by atoms with Gasteiger partial charge < -0.3 is 15.4 Å². The van der Waals surface area contributed by atoms with Crippen molar-refractivity contribution < 1.29 is 9.53 Å². The molecule has 0 saturated carbocycles. The van der Waals surface area contributed by atoms with Crippen molar-refractivity contribution >= 4 is 24.0 Å². The van der Waals surface area contributed by atoms with Crippen LogP contribution in [0, 0.1) is 0 Å². The van der Waals surface area contributed by atoms with Gasteiger partial charge in [-0.25, -0.2) is 0 Å². The number of ether oxygens (including phenoxy) is 1. The summed E-state index contributed by atoms with van der Waals surface area (Å²) in [6.45, 7) is 6.64. The summed E-state index contributed by atoms with van der Waals surface area (Å²) in [5, 5.41) is 6.17. The van der Waals surface area contributed by atoms with E-state index in [-0.39, 0.29) is 24.9 Å². The third-order valence-electron chi connectivity index (χ3n) is 2.98. The molecule has 1 aromatic carbocycles. The largest absolute Gasteiger partial charge is 0.372 e. The third kappa shape index (κ3) is 8.71. The van der Waals surface area contributed by atoms with Gasteiger partial charge in [0.25, 0.3) is 0 Å². The standard InChI is InChI=1S/C16H26N2O2.ClH/c1-3-5-8-11-20-13-16(19)18-15-10-7-6-9-14(15)12-17-4-2;/h6-7,9-10,17H,3-5,8,11-13H2,1-2H3,(H,18,19);1H. The summed E-state index contributed by atoms with van der Waals surface area (Å²) in [6.07, 6.45) is 3.32. The molecule has 0 aliphatic carbocycles. The lowest BCUT2D eigenvalue weighted by Gasteiger charge is -2.11. The van der Waals surface area contributed by atoms with Crippen molar-refractivity contribution in [3.63, 3.8) is 0 Å². The first-order valence-electron chi connectivity index (χ1n) is 7.44. The molecule has 0 radical (unpaired) electrons. The van der Waals surface area contributed by atoms with E-state index in [4.69, 9.17) is 4.74 Å². The van der Waals surface area contributed by atoms with E-state index in [0.717, 1.165) is 43.6 Å². The van der Waals surface area contributed by atoms with E-state index in [0.29, 0.717) is 6.61 Å². The lowest BCUT2D eigenvalue weighted by atomic mass is 10.1. The average molecular weight is 315 g/mol. The first-order valence-corrected chi connectivity index (χ1v) is 7.44. The van der Waals surface area contributed by atoms with Gasteiger partial charge in [-0.2, -0.15) is 0 Å². The maximum absolute atomic E-state index is 11.8. The molecular weight excluding hydrogens is 288 g/mol. The first-order chi connectivity index (χ1) is 9.77. The number of unbranched alkanes of at least 4 members (excludes halogenated alkanes) is 2. The van der Waals surface area contributed by atoms with Gasteiger partial charge in [-0.15, -0.1) is 12.4 Å². The van der Waals surface area contributed by atoms with E-state index in [9.17, 15) is 4.79 Å². The Morgan fingerprint density at radius 2 is 1.95 bits per heavy atom. The molecule has 4 nitrogen and oxygen atoms in total. The number of hydrogen-bond donors (Lipinski definition) is 2. The average Bonchev–Trinajstić information content (AvgIpc) is 2.46. The number of halogens is 1. The second kappa shape index (κ2) is 12.6. The Bertz CT molecular complexity index is 400. The number of anilines is 1. The fourth-order valence-corrected chi connectivity index (χ4v) is 1.86. The fraction of sp³-hybridized carbons (Fsp3) is 0.562. The number of hydrogen-bond acceptors (Lipinski definition) is 3. The molecule has 0 heterocycles. The molecule has 1 rings (SSSR count). The minimum absolute atomic E-state index is 0. The number of carbonyl (C=O) groups excluding carboxylic acids is 1. The highest BCUT2D eigenvalue weighted by molar-refractivity contribution is 5.92. The minimum atomic E-state index is -0.0922. The van der Waals surface area contributed by atoms with E-state index in [2.05, 4.69) is 24.5 Å². The van der Waals surface area contributed by atoms with Gasteiger partial charge in [0.1, 0.15) is 6.61 Å². The molecule has 120 valence electrons. The van der Waals surface area contributed by atoms with Crippen LogP contribution in [-0.4, -0.2) is 25.7 Å². The van der Waals surface area contributed by atoms with Crippen LogP contribution >= 0.6 is 12.4 Å². The van der Waals surface area contributed by atoms with Crippen LogP contribution in [0.25, 0.3) is 0 Å². The Kier molecular flexibility index (Phi) is 12.0. The highest BCUT2D eigenvalue weighted by Crippen LogP contribution is 2.14. The van der Waals surface area contributed by atoms with Gasteiger partial charge in [0.05, 0.1) is 0 Å². The van der Waals surface area contributed by atoms with Crippen LogP contribution in [0.1, 0.15) is 38.7 Å². The molecule has 21 heavy (non-hydrogen) atoms. The summed E-state index contributed by atoms with van der Waals surface area (Å²) in [5.74, 6) is -0.0922. The van der Waals surface area contributed by atoms with E-state index >= 15 is 0 Å². The minimum Gasteiger partial charge on any atom is -0.372 e. The van der Waals surface area contributed by atoms with E-state index in [1.807, 2.05) is 24.3 Å². The molecule has 1 amide bonds. The number of nitrogens with one attached hydrogen (secondary N) is 2. The van der Waals surface area contributed by atoms with Gasteiger partial charge in [-0.05, 0) is 24.6 Å². The van der Waals surface area contributed by atoms with Crippen LogP contribution in [0.3, 0.4) is 0 Å². The van der Waals surface area contributed by atoms with Crippen LogP contribution in [0.2, 0.25) is 0 Å². The second-order valence-electron chi connectivity index (χ2n) is 4.75. The summed E-state index contributed by atoms with van der Waals surface area (Å²) in [6, 6.07) is 7.83. The Labute approximate surface area is 134 Å². The summed E-state index contributed by atoms with van der Waals surface area (Å²) < 4.78 is 5.36. The van der Waals surface area contributed by atoms with Crippen molar-refractivity contribution in [3.8, 4) is 0 Å². The zero-order valence-electron chi connectivity index (χ0n) is 13.0. The first kappa shape index (κ1) is 19.9. The molecule has 2 N–H and O–H groups in total. The molecule has 0 unspecified atom stereocenters. The number of carbonyl (C=O) groups is 1. The Morgan fingerprint density at radius 1 is 1.19 bits per heavy atom. The molecule has 0 aromatic heterocycles. The third-order valence-corrected chi connectivity index (χ3v) is 2.98. The zero-order chi connectivity index (χ0) is 14.6. The second-order valence-corrected chi connectivity index (χ2v) is 4.75. The lowest BCUT2D eigenvalue weighted by molar-refractivity contribution is -0.120. The van der Waals surface area contributed by atoms with Crippen molar-refractivity contribution in [3.05, 3.63) is 29.8 Å². The predicted molar refractivity (Wildman–Crippen MR) is 90.0 cm³/mol. The summed E-state index contributed by atoms with van der Waals surface area (Å²) in [4.78, 5) is 11.8. The predicted octanol–water partition coefficient (Wildman–Crippen LogP) is 3.36. The van der Waals surface area contributed by atoms with Gasteiger partial charge in [0.2, 0.25) is 5.91 Å². The van der Waals surface area contributed by atoms with Gasteiger partial charge >= 0.3 is 0 Å². The van der Waals surface area contributed by atoms with Crippen LogP contribution in [0.5, 0.6) is 0 Å². The van der Waals surface area contributed by atoms with Gasteiger partial charge in [-0.1, -0.05) is 44.9 Å². The Hall–Kier alpha value is -1.10. The monoisotopic (exact) mass is 314 g/mol. The molecule has 0 atom stereocenters. The van der Waals surface area contributed by atoms with Crippen molar-refractivity contribution in [2.24, 2.45) is 0 Å². The van der Waals surface area contributed by atoms with Crippen LogP contribution < -0.4 is 10.6 Å². The SMILES string of the molecule is CCCCCOCC(=O)Nc1ccccc1CNCC.Cl. The van der Waals surface area contributed by atoms with E-state index < -0.39 is 0 Å². The number of benzene rings is 1. The highest BCUT2D eigenvalue weighted by atomic mass is 35.5. The van der Waals surface area contributed by atoms with E-state index in [1.54, 1.807) is 0 Å². The molecule has 0 aliphatic rings. The van der Waals surface area contributed by atoms with Crippen LogP contribution in [0.15, 0.2) is 24.3 Å². The lowest BCUT2D eigenvalue weighted by Crippen LogP contribution is -2.21. The summed E-state index contributed by atoms with van der Waals surface area (Å²) in [7, 11) is 0. The van der Waals surface area contributed by atoms with Crippen molar-refractivity contribution in [2.45, 2.75) is 39.7 Å². The maximum Gasteiger partial charge on any atom is 0.250 e. The molecule has 0 spiro atoms. The molecule has 0 saturated heterocycles. The van der Waals surface area contributed by atoms with E-state index in [1.165, 1.54) is 0 Å². The van der Waals surface area contributed by atoms with Gasteiger partial charge in [0.15, 0.2) is 0 Å². The van der Waals surface area contributed by atoms with Crippen LogP contribution in [-0.2, 0) is 16.1 Å². The highest BCUT2D eigenvalue weighted by Gasteiger charge is 2.06. The maximum atomic E-state index is 11.8. The Balaban J connectivity index is 0.00000400. The molecule has 0 bridgehead atoms. The van der Waals surface area contributed by atoms with Gasteiger partial charge in [0, 0.05) is 18.8 Å².